The average Bonchev–Trinajstić information content (AvgIpc) is 2.42. The number of carbonyl (C=O) groups excluding carboxylic acids is 3. The van der Waals surface area contributed by atoms with Crippen LogP contribution in [0, 0.1) is 0 Å². The van der Waals surface area contributed by atoms with E-state index in [1.807, 2.05) is 14.7 Å². The minimum absolute atomic E-state index is 0. The molecule has 22 heavy (non-hydrogen) atoms. The Bertz CT molecular complexity index is 326. The first-order valence-electron chi connectivity index (χ1n) is 6.89. The van der Waals surface area contributed by atoms with Crippen molar-refractivity contribution in [2.45, 2.75) is 0 Å². The molecule has 0 aromatic heterocycles. The number of rotatable bonds is 6. The van der Waals surface area contributed by atoms with Gasteiger partial charge in [-0.3, -0.25) is 29.1 Å². The maximum absolute atomic E-state index is 11.1. The van der Waals surface area contributed by atoms with Crippen LogP contribution in [0.1, 0.15) is 0 Å². The van der Waals surface area contributed by atoms with E-state index in [1.165, 1.54) is 0 Å². The first-order chi connectivity index (χ1) is 9.86. The van der Waals surface area contributed by atoms with Crippen molar-refractivity contribution in [3.05, 3.63) is 0 Å². The first-order valence-corrected chi connectivity index (χ1v) is 6.89. The van der Waals surface area contributed by atoms with Crippen molar-refractivity contribution in [1.82, 2.24) is 14.7 Å². The summed E-state index contributed by atoms with van der Waals surface area (Å²) in [6.45, 7) is 4.11. The fraction of sp³-hybridized carbons (Fsp3) is 0.750. The number of nitrogens with zero attached hydrogens (tertiary/aromatic N) is 3. The Balaban J connectivity index is 0.00000441. The molecule has 1 rings (SSSR count). The second-order valence-corrected chi connectivity index (χ2v) is 5.23. The van der Waals surface area contributed by atoms with E-state index in [2.05, 4.69) is 0 Å². The molecular formula is C12H24CoN6O3+2. The van der Waals surface area contributed by atoms with Crippen LogP contribution in [0.15, 0.2) is 0 Å². The Hall–Kier alpha value is -1.20. The number of nitrogens with two attached hydrogens (primary N) is 3. The largest absolute Gasteiger partial charge is 2.00 e. The van der Waals surface area contributed by atoms with Crippen LogP contribution >= 0.6 is 0 Å². The van der Waals surface area contributed by atoms with Crippen molar-refractivity contribution in [3.63, 3.8) is 0 Å². The van der Waals surface area contributed by atoms with Crippen LogP contribution in [0.2, 0.25) is 0 Å². The molecule has 1 heterocycles. The van der Waals surface area contributed by atoms with E-state index < -0.39 is 17.7 Å². The van der Waals surface area contributed by atoms with Gasteiger partial charge in [0.2, 0.25) is 17.7 Å². The Morgan fingerprint density at radius 3 is 0.909 bits per heavy atom. The third-order valence-electron chi connectivity index (χ3n) is 3.34. The Labute approximate surface area is 140 Å². The third kappa shape index (κ3) is 8.95. The van der Waals surface area contributed by atoms with Gasteiger partial charge in [-0.05, 0) is 0 Å². The van der Waals surface area contributed by atoms with Crippen LogP contribution < -0.4 is 17.2 Å². The van der Waals surface area contributed by atoms with Gasteiger partial charge in [-0.2, -0.15) is 0 Å². The Morgan fingerprint density at radius 1 is 0.591 bits per heavy atom. The summed E-state index contributed by atoms with van der Waals surface area (Å²) in [5, 5.41) is 0. The van der Waals surface area contributed by atoms with Crippen molar-refractivity contribution in [2.24, 2.45) is 17.2 Å². The van der Waals surface area contributed by atoms with Crippen molar-refractivity contribution < 1.29 is 31.2 Å². The normalized spacial score (nSPS) is 18.5. The second kappa shape index (κ2) is 10.5. The predicted octanol–water partition coefficient (Wildman–Crippen LogP) is -3.64. The van der Waals surface area contributed by atoms with Crippen LogP contribution in [0.4, 0.5) is 0 Å². The Kier molecular flexibility index (Phi) is 9.94. The number of hydrogen-bond donors (Lipinski definition) is 3. The zero-order valence-corrected chi connectivity index (χ0v) is 13.5. The molecule has 10 heteroatoms. The smallest absolute Gasteiger partial charge is 0.369 e. The van der Waals surface area contributed by atoms with Gasteiger partial charge in [0.1, 0.15) is 0 Å². The van der Waals surface area contributed by atoms with Crippen LogP contribution in [0.5, 0.6) is 0 Å². The van der Waals surface area contributed by atoms with Gasteiger partial charge in [0.25, 0.3) is 0 Å². The van der Waals surface area contributed by atoms with E-state index in [9.17, 15) is 14.4 Å². The molecule has 3 amide bonds. The molecule has 9 nitrogen and oxygen atoms in total. The molecule has 0 atom stereocenters. The van der Waals surface area contributed by atoms with E-state index in [1.54, 1.807) is 0 Å². The van der Waals surface area contributed by atoms with Crippen molar-refractivity contribution >= 4 is 17.7 Å². The van der Waals surface area contributed by atoms with E-state index in [0.29, 0.717) is 39.3 Å². The molecule has 0 aromatic rings. The van der Waals surface area contributed by atoms with Crippen molar-refractivity contribution in [1.29, 1.82) is 0 Å². The van der Waals surface area contributed by atoms with Crippen LogP contribution in [0.25, 0.3) is 0 Å². The van der Waals surface area contributed by atoms with Gasteiger partial charge in [0, 0.05) is 39.3 Å². The summed E-state index contributed by atoms with van der Waals surface area (Å²) in [5.74, 6) is -1.22. The number of primary amides is 3. The molecule has 0 aliphatic carbocycles. The molecule has 127 valence electrons. The molecule has 6 N–H and O–H groups in total. The maximum atomic E-state index is 11.1. The summed E-state index contributed by atoms with van der Waals surface area (Å²) >= 11 is 0. The average molecular weight is 359 g/mol. The molecule has 0 spiro atoms. The molecule has 1 radical (unpaired) electrons. The minimum Gasteiger partial charge on any atom is -0.369 e. The van der Waals surface area contributed by atoms with Crippen LogP contribution in [0.3, 0.4) is 0 Å². The van der Waals surface area contributed by atoms with Gasteiger partial charge < -0.3 is 17.2 Å². The van der Waals surface area contributed by atoms with E-state index in [0.717, 1.165) is 0 Å². The molecule has 0 aromatic carbocycles. The van der Waals surface area contributed by atoms with Gasteiger partial charge in [-0.15, -0.1) is 0 Å². The number of carbonyl (C=O) groups is 3. The predicted molar refractivity (Wildman–Crippen MR) is 76.9 cm³/mol. The summed E-state index contributed by atoms with van der Waals surface area (Å²) in [7, 11) is 0. The zero-order valence-electron chi connectivity index (χ0n) is 12.5. The number of amides is 3. The summed E-state index contributed by atoms with van der Waals surface area (Å²) in [6.07, 6.45) is 0. The molecule has 0 unspecified atom stereocenters. The molecule has 1 aliphatic rings. The van der Waals surface area contributed by atoms with E-state index in [4.69, 9.17) is 17.2 Å². The van der Waals surface area contributed by atoms with Gasteiger partial charge in [-0.1, -0.05) is 0 Å². The van der Waals surface area contributed by atoms with Crippen LogP contribution in [-0.2, 0) is 31.2 Å². The molecule has 1 saturated heterocycles. The monoisotopic (exact) mass is 359 g/mol. The molecule has 0 saturated carbocycles. The fourth-order valence-corrected chi connectivity index (χ4v) is 2.32. The Morgan fingerprint density at radius 2 is 0.773 bits per heavy atom. The summed E-state index contributed by atoms with van der Waals surface area (Å²) < 4.78 is 0. The van der Waals surface area contributed by atoms with E-state index >= 15 is 0 Å². The third-order valence-corrected chi connectivity index (χ3v) is 3.34. The zero-order chi connectivity index (χ0) is 15.8. The van der Waals surface area contributed by atoms with Gasteiger partial charge in [-0.25, -0.2) is 0 Å². The topological polar surface area (TPSA) is 139 Å². The standard InChI is InChI=1S/C12H24N6O3.Co/c13-10(19)7-16-1-2-17(8-11(14)20)5-6-18(4-3-16)9-12(15)21;/h1-9H2,(H2,13,19)(H2,14,20)(H2,15,21);/q;+2. The second-order valence-electron chi connectivity index (χ2n) is 5.23. The van der Waals surface area contributed by atoms with Crippen molar-refractivity contribution in [2.75, 3.05) is 58.9 Å². The van der Waals surface area contributed by atoms with Gasteiger partial charge in [0.05, 0.1) is 19.6 Å². The molecule has 0 bridgehead atoms. The maximum Gasteiger partial charge on any atom is 2.00 e. The quantitative estimate of drug-likeness (QED) is 0.447. The molecule has 1 aliphatic heterocycles. The first kappa shape index (κ1) is 20.8. The van der Waals surface area contributed by atoms with Gasteiger partial charge >= 0.3 is 16.8 Å². The fourth-order valence-electron chi connectivity index (χ4n) is 2.32. The van der Waals surface area contributed by atoms with Gasteiger partial charge in [0.15, 0.2) is 0 Å². The van der Waals surface area contributed by atoms with Crippen LogP contribution in [-0.4, -0.2) is 91.3 Å². The van der Waals surface area contributed by atoms with E-state index in [-0.39, 0.29) is 36.4 Å². The number of hydrogen-bond acceptors (Lipinski definition) is 6. The van der Waals surface area contributed by atoms with Crippen molar-refractivity contribution in [3.8, 4) is 0 Å². The summed E-state index contributed by atoms with van der Waals surface area (Å²) in [5.41, 5.74) is 15.7. The SMILES string of the molecule is NC(=O)CN1CCN(CC(N)=O)CCN(CC(N)=O)CC1.[Co+2]. The summed E-state index contributed by atoms with van der Waals surface area (Å²) in [4.78, 5) is 38.9. The molecular weight excluding hydrogens is 335 g/mol. The summed E-state index contributed by atoms with van der Waals surface area (Å²) in [6, 6.07) is 0. The molecule has 1 fully saturated rings. The minimum atomic E-state index is -0.405.